The molecule has 148 valence electrons. The number of halogens is 2. The number of thiol groups is 1. The number of ether oxygens (including phenoxy) is 1. The molecular formula is C21H17ClFN3OS2. The molecule has 8 heteroatoms. The molecule has 2 aromatic carbocycles. The standard InChI is InChI=1S/C21H17ClFN3OS2/c22-17-9-15(4-5-19(17)27-11-13-2-1-3-14(23)8-13)26-21-20-18(24-12-25-21)10-16(29-20)6-7-28/h1-5,8-10,12,28H,6-7,11H2,(H,24,25,26). The molecule has 0 spiro atoms. The third-order valence-corrected chi connectivity index (χ3v) is 5.91. The maximum Gasteiger partial charge on any atom is 0.151 e. The van der Waals surface area contributed by atoms with Gasteiger partial charge in [-0.15, -0.1) is 11.3 Å². The molecule has 2 aromatic heterocycles. The van der Waals surface area contributed by atoms with Crippen LogP contribution in [0.4, 0.5) is 15.9 Å². The molecule has 0 aliphatic carbocycles. The van der Waals surface area contributed by atoms with Crippen LogP contribution in [0.25, 0.3) is 10.2 Å². The van der Waals surface area contributed by atoms with Crippen molar-refractivity contribution in [3.8, 4) is 5.75 Å². The Bertz CT molecular complexity index is 1150. The lowest BCUT2D eigenvalue weighted by molar-refractivity contribution is 0.306. The fraction of sp³-hybridized carbons (Fsp3) is 0.143. The van der Waals surface area contributed by atoms with Gasteiger partial charge >= 0.3 is 0 Å². The third-order valence-electron chi connectivity index (χ3n) is 4.20. The SMILES string of the molecule is Fc1cccc(COc2ccc(Nc3ncnc4cc(CCS)sc34)cc2Cl)c1. The summed E-state index contributed by atoms with van der Waals surface area (Å²) in [4.78, 5) is 9.93. The van der Waals surface area contributed by atoms with Crippen LogP contribution in [0, 0.1) is 5.82 Å². The zero-order valence-electron chi connectivity index (χ0n) is 15.2. The van der Waals surface area contributed by atoms with E-state index in [2.05, 4.69) is 34.0 Å². The molecule has 4 nitrogen and oxygen atoms in total. The first kappa shape index (κ1) is 19.9. The number of thiophene rings is 1. The van der Waals surface area contributed by atoms with Crippen LogP contribution in [-0.4, -0.2) is 15.7 Å². The normalized spacial score (nSPS) is 11.0. The van der Waals surface area contributed by atoms with E-state index in [1.807, 2.05) is 6.07 Å². The minimum Gasteiger partial charge on any atom is -0.487 e. The summed E-state index contributed by atoms with van der Waals surface area (Å²) in [5.74, 6) is 1.76. The van der Waals surface area contributed by atoms with Crippen LogP contribution < -0.4 is 10.1 Å². The second kappa shape index (κ2) is 8.98. The van der Waals surface area contributed by atoms with E-state index in [1.54, 1.807) is 41.9 Å². The van der Waals surface area contributed by atoms with Crippen molar-refractivity contribution in [2.75, 3.05) is 11.1 Å². The summed E-state index contributed by atoms with van der Waals surface area (Å²) in [6, 6.07) is 13.8. The van der Waals surface area contributed by atoms with Gasteiger partial charge in [-0.2, -0.15) is 12.6 Å². The molecule has 0 fully saturated rings. The first-order chi connectivity index (χ1) is 14.1. The fourth-order valence-electron chi connectivity index (χ4n) is 2.85. The van der Waals surface area contributed by atoms with E-state index in [9.17, 15) is 4.39 Å². The Balaban J connectivity index is 1.50. The molecule has 4 aromatic rings. The van der Waals surface area contributed by atoms with E-state index in [-0.39, 0.29) is 12.4 Å². The molecule has 0 aliphatic rings. The lowest BCUT2D eigenvalue weighted by Gasteiger charge is -2.11. The predicted octanol–water partition coefficient (Wildman–Crippen LogP) is 6.28. The second-order valence-electron chi connectivity index (χ2n) is 6.31. The topological polar surface area (TPSA) is 47.0 Å². The maximum atomic E-state index is 13.3. The second-order valence-corrected chi connectivity index (χ2v) is 8.30. The van der Waals surface area contributed by atoms with Gasteiger partial charge in [0.25, 0.3) is 0 Å². The van der Waals surface area contributed by atoms with E-state index in [0.29, 0.717) is 10.8 Å². The highest BCUT2D eigenvalue weighted by Crippen LogP contribution is 2.33. The quantitative estimate of drug-likeness (QED) is 0.329. The van der Waals surface area contributed by atoms with Crippen molar-refractivity contribution < 1.29 is 9.13 Å². The zero-order chi connectivity index (χ0) is 20.2. The predicted molar refractivity (Wildman–Crippen MR) is 120 cm³/mol. The first-order valence-electron chi connectivity index (χ1n) is 8.90. The van der Waals surface area contributed by atoms with Crippen LogP contribution in [0.1, 0.15) is 10.4 Å². The number of fused-ring (bicyclic) bond motifs is 1. The van der Waals surface area contributed by atoms with Crippen molar-refractivity contribution in [2.45, 2.75) is 13.0 Å². The van der Waals surface area contributed by atoms with Crippen LogP contribution in [0.2, 0.25) is 5.02 Å². The summed E-state index contributed by atoms with van der Waals surface area (Å²) < 4.78 is 20.0. The van der Waals surface area contributed by atoms with Crippen LogP contribution in [0.3, 0.4) is 0 Å². The van der Waals surface area contributed by atoms with Crippen molar-refractivity contribution >= 4 is 57.3 Å². The van der Waals surface area contributed by atoms with Gasteiger partial charge in [0.2, 0.25) is 0 Å². The van der Waals surface area contributed by atoms with Crippen molar-refractivity contribution in [3.63, 3.8) is 0 Å². The van der Waals surface area contributed by atoms with E-state index in [4.69, 9.17) is 16.3 Å². The van der Waals surface area contributed by atoms with Crippen molar-refractivity contribution in [2.24, 2.45) is 0 Å². The lowest BCUT2D eigenvalue weighted by Crippen LogP contribution is -1.98. The van der Waals surface area contributed by atoms with Gasteiger partial charge in [0, 0.05) is 10.6 Å². The van der Waals surface area contributed by atoms with Crippen molar-refractivity contribution in [1.82, 2.24) is 9.97 Å². The monoisotopic (exact) mass is 445 g/mol. The molecule has 0 aliphatic heterocycles. The summed E-state index contributed by atoms with van der Waals surface area (Å²) in [6.07, 6.45) is 2.44. The average Bonchev–Trinajstić information content (AvgIpc) is 3.11. The number of aryl methyl sites for hydroxylation is 1. The van der Waals surface area contributed by atoms with Gasteiger partial charge in [-0.1, -0.05) is 23.7 Å². The maximum absolute atomic E-state index is 13.3. The molecule has 29 heavy (non-hydrogen) atoms. The summed E-state index contributed by atoms with van der Waals surface area (Å²) >= 11 is 12.3. The minimum absolute atomic E-state index is 0.236. The smallest absolute Gasteiger partial charge is 0.151 e. The third kappa shape index (κ3) is 4.80. The average molecular weight is 446 g/mol. The zero-order valence-corrected chi connectivity index (χ0v) is 17.7. The van der Waals surface area contributed by atoms with Gasteiger partial charge in [-0.3, -0.25) is 0 Å². The molecule has 0 radical (unpaired) electrons. The van der Waals surface area contributed by atoms with Gasteiger partial charge in [0.05, 0.1) is 15.2 Å². The molecule has 0 saturated carbocycles. The van der Waals surface area contributed by atoms with Crippen LogP contribution in [0.5, 0.6) is 5.75 Å². The van der Waals surface area contributed by atoms with Crippen molar-refractivity contribution in [1.29, 1.82) is 0 Å². The first-order valence-corrected chi connectivity index (χ1v) is 10.7. The Morgan fingerprint density at radius 3 is 2.83 bits per heavy atom. The molecule has 0 amide bonds. The number of hydrogen-bond acceptors (Lipinski definition) is 6. The van der Waals surface area contributed by atoms with Gasteiger partial charge in [0.15, 0.2) is 5.82 Å². The summed E-state index contributed by atoms with van der Waals surface area (Å²) in [5.41, 5.74) is 2.43. The number of hydrogen-bond donors (Lipinski definition) is 2. The van der Waals surface area contributed by atoms with E-state index in [0.717, 1.165) is 39.5 Å². The number of benzene rings is 2. The summed E-state index contributed by atoms with van der Waals surface area (Å²) in [5, 5.41) is 3.76. The molecule has 0 unspecified atom stereocenters. The molecule has 2 heterocycles. The minimum atomic E-state index is -0.293. The Labute approximate surface area is 182 Å². The molecular weight excluding hydrogens is 429 g/mol. The van der Waals surface area contributed by atoms with Crippen LogP contribution in [-0.2, 0) is 13.0 Å². The number of nitrogens with one attached hydrogen (secondary N) is 1. The number of aromatic nitrogens is 2. The highest BCUT2D eigenvalue weighted by atomic mass is 35.5. The highest BCUT2D eigenvalue weighted by molar-refractivity contribution is 7.80. The van der Waals surface area contributed by atoms with Gasteiger partial charge in [0.1, 0.15) is 24.5 Å². The molecule has 0 saturated heterocycles. The van der Waals surface area contributed by atoms with Gasteiger partial charge in [-0.05, 0) is 54.1 Å². The Kier molecular flexibility index (Phi) is 6.18. The van der Waals surface area contributed by atoms with Crippen LogP contribution in [0.15, 0.2) is 54.9 Å². The van der Waals surface area contributed by atoms with E-state index >= 15 is 0 Å². The molecule has 1 N–H and O–H groups in total. The lowest BCUT2D eigenvalue weighted by atomic mass is 10.2. The molecule has 0 atom stereocenters. The largest absolute Gasteiger partial charge is 0.487 e. The van der Waals surface area contributed by atoms with Gasteiger partial charge in [-0.25, -0.2) is 14.4 Å². The fourth-order valence-corrected chi connectivity index (χ4v) is 4.53. The van der Waals surface area contributed by atoms with Crippen LogP contribution >= 0.6 is 35.6 Å². The van der Waals surface area contributed by atoms with Crippen molar-refractivity contribution in [3.05, 3.63) is 76.1 Å². The summed E-state index contributed by atoms with van der Waals surface area (Å²) in [7, 11) is 0. The van der Waals surface area contributed by atoms with Gasteiger partial charge < -0.3 is 10.1 Å². The van der Waals surface area contributed by atoms with E-state index in [1.165, 1.54) is 17.0 Å². The Morgan fingerprint density at radius 1 is 1.14 bits per heavy atom. The summed E-state index contributed by atoms with van der Waals surface area (Å²) in [6.45, 7) is 0.236. The Hall–Kier alpha value is -2.35. The van der Waals surface area contributed by atoms with E-state index < -0.39 is 0 Å². The number of anilines is 2. The Morgan fingerprint density at radius 2 is 2.03 bits per heavy atom. The molecule has 4 rings (SSSR count). The molecule has 0 bridgehead atoms. The highest BCUT2D eigenvalue weighted by Gasteiger charge is 2.10. The number of nitrogens with zero attached hydrogens (tertiary/aromatic N) is 2. The number of rotatable bonds is 7.